The van der Waals surface area contributed by atoms with Crippen molar-refractivity contribution in [3.05, 3.63) is 82.4 Å². The van der Waals surface area contributed by atoms with E-state index in [1.807, 2.05) is 0 Å². The number of hydrogen-bond acceptors (Lipinski definition) is 9. The molecule has 0 unspecified atom stereocenters. The summed E-state index contributed by atoms with van der Waals surface area (Å²) in [5, 5.41) is 26.0. The summed E-state index contributed by atoms with van der Waals surface area (Å²) in [6.07, 6.45) is 0.407. The van der Waals surface area contributed by atoms with Crippen molar-refractivity contribution in [1.82, 2.24) is 10.6 Å². The van der Waals surface area contributed by atoms with Gasteiger partial charge in [0.05, 0.1) is 25.8 Å². The molecule has 0 radical (unpaired) electrons. The predicted molar refractivity (Wildman–Crippen MR) is 142 cm³/mol. The zero-order valence-electron chi connectivity index (χ0n) is 22.2. The molecule has 10 nitrogen and oxygen atoms in total. The molecule has 41 heavy (non-hydrogen) atoms. The minimum Gasteiger partial charge on any atom is -0.507 e. The second-order valence-corrected chi connectivity index (χ2v) is 9.26. The number of methoxy groups -OCH3 is 2. The van der Waals surface area contributed by atoms with E-state index in [9.17, 15) is 33.4 Å². The Morgan fingerprint density at radius 1 is 0.927 bits per heavy atom. The Labute approximate surface area is 233 Å². The summed E-state index contributed by atoms with van der Waals surface area (Å²) in [7, 11) is 2.68. The average Bonchev–Trinajstić information content (AvgIpc) is 3.19. The fourth-order valence-electron chi connectivity index (χ4n) is 4.44. The summed E-state index contributed by atoms with van der Waals surface area (Å²) in [5.74, 6) is -5.80. The van der Waals surface area contributed by atoms with Crippen LogP contribution in [-0.4, -0.2) is 67.3 Å². The van der Waals surface area contributed by atoms with E-state index in [1.54, 1.807) is 0 Å². The first kappa shape index (κ1) is 29.3. The smallest absolute Gasteiger partial charge is 0.338 e. The number of aromatic hydroxyl groups is 2. The molecule has 0 saturated carbocycles. The number of phenolic OH excluding ortho intramolecular Hbond substituents is 2. The predicted octanol–water partition coefficient (Wildman–Crippen LogP) is 3.33. The number of esters is 1. The van der Waals surface area contributed by atoms with E-state index < -0.39 is 52.8 Å². The van der Waals surface area contributed by atoms with E-state index in [2.05, 4.69) is 10.6 Å². The highest BCUT2D eigenvalue weighted by atomic mass is 19.2. The first-order valence-electron chi connectivity index (χ1n) is 12.6. The lowest BCUT2D eigenvalue weighted by atomic mass is 10.0. The number of rotatable bonds is 8. The molecule has 0 aliphatic carbocycles. The summed E-state index contributed by atoms with van der Waals surface area (Å²) >= 11 is 0. The Kier molecular flexibility index (Phi) is 9.03. The lowest BCUT2D eigenvalue weighted by Gasteiger charge is -2.26. The highest BCUT2D eigenvalue weighted by molar-refractivity contribution is 6.11. The Morgan fingerprint density at radius 2 is 1.56 bits per heavy atom. The molecule has 3 aromatic rings. The zero-order chi connectivity index (χ0) is 29.7. The highest BCUT2D eigenvalue weighted by Gasteiger charge is 2.30. The lowest BCUT2D eigenvalue weighted by Crippen LogP contribution is -2.49. The highest BCUT2D eigenvalue weighted by Crippen LogP contribution is 2.37. The molecule has 1 fully saturated rings. The van der Waals surface area contributed by atoms with E-state index in [4.69, 9.17) is 14.2 Å². The van der Waals surface area contributed by atoms with Gasteiger partial charge in [-0.2, -0.15) is 0 Å². The molecule has 4 N–H and O–H groups in total. The van der Waals surface area contributed by atoms with Gasteiger partial charge in [0.1, 0.15) is 17.4 Å². The quantitative estimate of drug-likeness (QED) is 0.237. The fraction of sp³-hybridized carbons (Fsp3) is 0.276. The number of halogens is 2. The van der Waals surface area contributed by atoms with E-state index in [1.165, 1.54) is 50.6 Å². The van der Waals surface area contributed by atoms with E-state index >= 15 is 0 Å². The third-order valence-corrected chi connectivity index (χ3v) is 6.65. The number of ketones is 1. The van der Waals surface area contributed by atoms with Crippen LogP contribution in [0, 0.1) is 11.6 Å². The van der Waals surface area contributed by atoms with E-state index in [0.29, 0.717) is 32.0 Å². The number of benzene rings is 3. The molecule has 1 aliphatic rings. The molecule has 1 amide bonds. The molecule has 0 spiro atoms. The Bertz CT molecular complexity index is 1440. The number of carbonyl (C=O) groups is 3. The van der Waals surface area contributed by atoms with Crippen LogP contribution in [0.2, 0.25) is 0 Å². The van der Waals surface area contributed by atoms with Crippen molar-refractivity contribution in [2.24, 2.45) is 0 Å². The van der Waals surface area contributed by atoms with Crippen LogP contribution < -0.4 is 20.1 Å². The SMILES string of the molecule is COc1cc(C(=O)N[C@@H]2CNCCC[C@H]2OC(=O)c2ccc(C(=O)c3c(O)ccc(F)c3F)cc2)cc(OC)c1O. The molecule has 2 atom stereocenters. The Morgan fingerprint density at radius 3 is 2.20 bits per heavy atom. The topological polar surface area (TPSA) is 143 Å². The van der Waals surface area contributed by atoms with Crippen molar-refractivity contribution in [2.45, 2.75) is 25.0 Å². The second-order valence-electron chi connectivity index (χ2n) is 9.26. The normalized spacial score (nSPS) is 16.8. The van der Waals surface area contributed by atoms with Crippen molar-refractivity contribution >= 4 is 17.7 Å². The summed E-state index contributed by atoms with van der Waals surface area (Å²) in [5.41, 5.74) is -0.647. The molecular formula is C29H28F2N2O8. The van der Waals surface area contributed by atoms with Crippen LogP contribution in [0.25, 0.3) is 0 Å². The Balaban J connectivity index is 1.48. The molecular weight excluding hydrogens is 542 g/mol. The largest absolute Gasteiger partial charge is 0.507 e. The summed E-state index contributed by atoms with van der Waals surface area (Å²) in [4.78, 5) is 38.8. The van der Waals surface area contributed by atoms with Crippen molar-refractivity contribution in [2.75, 3.05) is 27.3 Å². The van der Waals surface area contributed by atoms with Crippen molar-refractivity contribution in [3.8, 4) is 23.0 Å². The number of amides is 1. The van der Waals surface area contributed by atoms with Crippen molar-refractivity contribution in [3.63, 3.8) is 0 Å². The maximum absolute atomic E-state index is 14.1. The summed E-state index contributed by atoms with van der Waals surface area (Å²) < 4.78 is 43.7. The van der Waals surface area contributed by atoms with Gasteiger partial charge in [-0.25, -0.2) is 13.6 Å². The van der Waals surface area contributed by atoms with Gasteiger partial charge < -0.3 is 35.1 Å². The fourth-order valence-corrected chi connectivity index (χ4v) is 4.44. The number of nitrogens with one attached hydrogen (secondary N) is 2. The average molecular weight is 571 g/mol. The van der Waals surface area contributed by atoms with Gasteiger partial charge in [0, 0.05) is 17.7 Å². The van der Waals surface area contributed by atoms with Gasteiger partial charge in [-0.05, 0) is 55.8 Å². The van der Waals surface area contributed by atoms with Gasteiger partial charge in [0.25, 0.3) is 5.91 Å². The summed E-state index contributed by atoms with van der Waals surface area (Å²) in [6, 6.07) is 8.75. The minimum atomic E-state index is -1.47. The van der Waals surface area contributed by atoms with Crippen LogP contribution in [0.4, 0.5) is 8.78 Å². The van der Waals surface area contributed by atoms with Gasteiger partial charge in [0.15, 0.2) is 28.9 Å². The van der Waals surface area contributed by atoms with Crippen LogP contribution in [0.1, 0.15) is 49.5 Å². The number of carbonyl (C=O) groups excluding carboxylic acids is 3. The van der Waals surface area contributed by atoms with Gasteiger partial charge in [-0.3, -0.25) is 9.59 Å². The van der Waals surface area contributed by atoms with Crippen LogP contribution in [0.3, 0.4) is 0 Å². The van der Waals surface area contributed by atoms with Crippen LogP contribution in [-0.2, 0) is 4.74 Å². The number of hydrogen-bond donors (Lipinski definition) is 4. The van der Waals surface area contributed by atoms with Crippen LogP contribution in [0.15, 0.2) is 48.5 Å². The summed E-state index contributed by atoms with van der Waals surface area (Å²) in [6.45, 7) is 0.952. The lowest BCUT2D eigenvalue weighted by molar-refractivity contribution is 0.0192. The van der Waals surface area contributed by atoms with Crippen LogP contribution >= 0.6 is 0 Å². The Hall–Kier alpha value is -4.71. The molecule has 1 heterocycles. The first-order chi connectivity index (χ1) is 19.6. The second kappa shape index (κ2) is 12.6. The molecule has 1 aliphatic heterocycles. The third kappa shape index (κ3) is 6.38. The van der Waals surface area contributed by atoms with Gasteiger partial charge in [-0.15, -0.1) is 0 Å². The molecule has 1 saturated heterocycles. The first-order valence-corrected chi connectivity index (χ1v) is 12.6. The van der Waals surface area contributed by atoms with Crippen LogP contribution in [0.5, 0.6) is 23.0 Å². The molecule has 0 aromatic heterocycles. The molecule has 216 valence electrons. The standard InChI is InChI=1S/C29H28F2N2O8/c1-39-22-12-17(13-23(40-2)27(22)36)28(37)33-19-14-32-11-3-4-21(19)41-29(38)16-7-5-15(6-8-16)26(35)24-20(34)10-9-18(30)25(24)31/h5-10,12-13,19,21,32,34,36H,3-4,11,14H2,1-2H3,(H,33,37)/t19-,21-/m1/s1. The number of phenols is 2. The van der Waals surface area contributed by atoms with Gasteiger partial charge in [-0.1, -0.05) is 12.1 Å². The maximum Gasteiger partial charge on any atom is 0.338 e. The third-order valence-electron chi connectivity index (χ3n) is 6.65. The molecule has 12 heteroatoms. The van der Waals surface area contributed by atoms with Gasteiger partial charge in [0.2, 0.25) is 5.75 Å². The maximum atomic E-state index is 14.1. The van der Waals surface area contributed by atoms with E-state index in [-0.39, 0.29) is 33.9 Å². The minimum absolute atomic E-state index is 0.0498. The van der Waals surface area contributed by atoms with Crippen molar-refractivity contribution < 1.29 is 47.6 Å². The molecule has 3 aromatic carbocycles. The van der Waals surface area contributed by atoms with E-state index in [0.717, 1.165) is 6.07 Å². The monoisotopic (exact) mass is 570 g/mol. The number of ether oxygens (including phenoxy) is 3. The van der Waals surface area contributed by atoms with Crippen molar-refractivity contribution in [1.29, 1.82) is 0 Å². The molecule has 0 bridgehead atoms. The van der Waals surface area contributed by atoms with Gasteiger partial charge >= 0.3 is 5.97 Å². The zero-order valence-corrected chi connectivity index (χ0v) is 22.2. The molecule has 4 rings (SSSR count).